The molecule has 0 radical (unpaired) electrons. The normalized spacial score (nSPS) is 16.2. The predicted octanol–water partition coefficient (Wildman–Crippen LogP) is 4.39. The molecule has 1 aliphatic rings. The van der Waals surface area contributed by atoms with Crippen LogP contribution in [0.3, 0.4) is 0 Å². The standard InChI is InChI=1S/C24H27N3O4/c1-15(2)17-7-5-16(6-8-17)13-27-14-19(11-22(27)28)24-25-23(26-31-24)18-9-20(29-3)12-21(10-18)30-4/h5-10,12,15,19H,11,13-14H2,1-4H3. The molecule has 1 aromatic heterocycles. The summed E-state index contributed by atoms with van der Waals surface area (Å²) in [7, 11) is 3.19. The fourth-order valence-corrected chi connectivity index (χ4v) is 3.77. The highest BCUT2D eigenvalue weighted by Crippen LogP contribution is 2.32. The van der Waals surface area contributed by atoms with E-state index in [1.54, 1.807) is 20.3 Å². The van der Waals surface area contributed by atoms with Crippen molar-refractivity contribution >= 4 is 5.91 Å². The Morgan fingerprint density at radius 3 is 2.39 bits per heavy atom. The summed E-state index contributed by atoms with van der Waals surface area (Å²) in [5.41, 5.74) is 3.15. The summed E-state index contributed by atoms with van der Waals surface area (Å²) in [6.45, 7) is 5.49. The lowest BCUT2D eigenvalue weighted by Crippen LogP contribution is -2.24. The molecule has 0 saturated carbocycles. The largest absolute Gasteiger partial charge is 0.497 e. The van der Waals surface area contributed by atoms with Crippen LogP contribution in [0.15, 0.2) is 47.0 Å². The minimum Gasteiger partial charge on any atom is -0.497 e. The van der Waals surface area contributed by atoms with Gasteiger partial charge in [-0.25, -0.2) is 0 Å². The first-order valence-corrected chi connectivity index (χ1v) is 10.4. The van der Waals surface area contributed by atoms with Gasteiger partial charge in [0.2, 0.25) is 17.6 Å². The molecule has 0 N–H and O–H groups in total. The summed E-state index contributed by atoms with van der Waals surface area (Å²) in [6.07, 6.45) is 0.368. The fraction of sp³-hybridized carbons (Fsp3) is 0.375. The Kier molecular flexibility index (Phi) is 5.93. The zero-order chi connectivity index (χ0) is 22.0. The van der Waals surface area contributed by atoms with E-state index in [0.29, 0.717) is 48.6 Å². The van der Waals surface area contributed by atoms with Crippen molar-refractivity contribution in [3.05, 3.63) is 59.5 Å². The van der Waals surface area contributed by atoms with Gasteiger partial charge in [-0.15, -0.1) is 0 Å². The van der Waals surface area contributed by atoms with E-state index in [4.69, 9.17) is 14.0 Å². The Morgan fingerprint density at radius 1 is 1.10 bits per heavy atom. The molecule has 4 rings (SSSR count). The maximum Gasteiger partial charge on any atom is 0.232 e. The van der Waals surface area contributed by atoms with Crippen molar-refractivity contribution in [1.82, 2.24) is 15.0 Å². The Labute approximate surface area is 182 Å². The van der Waals surface area contributed by atoms with Crippen LogP contribution in [-0.2, 0) is 11.3 Å². The van der Waals surface area contributed by atoms with Crippen molar-refractivity contribution < 1.29 is 18.8 Å². The van der Waals surface area contributed by atoms with Crippen LogP contribution in [0.1, 0.15) is 49.1 Å². The highest BCUT2D eigenvalue weighted by atomic mass is 16.5. The molecule has 3 aromatic rings. The second kappa shape index (κ2) is 8.79. The topological polar surface area (TPSA) is 77.7 Å². The fourth-order valence-electron chi connectivity index (χ4n) is 3.77. The molecule has 1 aliphatic heterocycles. The first-order valence-electron chi connectivity index (χ1n) is 10.4. The number of hydrogen-bond acceptors (Lipinski definition) is 6. The molecule has 2 aromatic carbocycles. The van der Waals surface area contributed by atoms with Crippen LogP contribution in [0.2, 0.25) is 0 Å². The number of amides is 1. The van der Waals surface area contributed by atoms with E-state index >= 15 is 0 Å². The van der Waals surface area contributed by atoms with E-state index in [1.807, 2.05) is 17.0 Å². The van der Waals surface area contributed by atoms with Crippen molar-refractivity contribution in [3.63, 3.8) is 0 Å². The third kappa shape index (κ3) is 4.55. The van der Waals surface area contributed by atoms with E-state index in [9.17, 15) is 4.79 Å². The predicted molar refractivity (Wildman–Crippen MR) is 116 cm³/mol. The van der Waals surface area contributed by atoms with E-state index in [2.05, 4.69) is 48.3 Å². The van der Waals surface area contributed by atoms with E-state index in [1.165, 1.54) is 5.56 Å². The van der Waals surface area contributed by atoms with Gasteiger partial charge in [-0.05, 0) is 29.2 Å². The number of nitrogens with zero attached hydrogens (tertiary/aromatic N) is 3. The van der Waals surface area contributed by atoms with Crippen LogP contribution in [0.4, 0.5) is 0 Å². The molecule has 0 bridgehead atoms. The lowest BCUT2D eigenvalue weighted by molar-refractivity contribution is -0.128. The molecule has 0 spiro atoms. The Balaban J connectivity index is 1.47. The van der Waals surface area contributed by atoms with Crippen LogP contribution in [-0.4, -0.2) is 41.7 Å². The van der Waals surface area contributed by atoms with Crippen LogP contribution < -0.4 is 9.47 Å². The zero-order valence-corrected chi connectivity index (χ0v) is 18.3. The highest BCUT2D eigenvalue weighted by Gasteiger charge is 2.34. The number of carbonyl (C=O) groups is 1. The van der Waals surface area contributed by atoms with Crippen LogP contribution in [0.5, 0.6) is 11.5 Å². The molecular weight excluding hydrogens is 394 g/mol. The van der Waals surface area contributed by atoms with Crippen LogP contribution in [0.25, 0.3) is 11.4 Å². The number of methoxy groups -OCH3 is 2. The molecule has 1 unspecified atom stereocenters. The SMILES string of the molecule is COc1cc(OC)cc(-c2noc(C3CC(=O)N(Cc4ccc(C(C)C)cc4)C3)n2)c1. The van der Waals surface area contributed by atoms with Crippen molar-refractivity contribution in [1.29, 1.82) is 0 Å². The third-order valence-corrected chi connectivity index (χ3v) is 5.63. The number of likely N-dealkylation sites (tertiary alicyclic amines) is 1. The molecule has 31 heavy (non-hydrogen) atoms. The van der Waals surface area contributed by atoms with Gasteiger partial charge in [0.25, 0.3) is 0 Å². The van der Waals surface area contributed by atoms with Gasteiger partial charge in [0.15, 0.2) is 0 Å². The lowest BCUT2D eigenvalue weighted by atomic mass is 10.0. The lowest BCUT2D eigenvalue weighted by Gasteiger charge is -2.16. The van der Waals surface area contributed by atoms with Gasteiger partial charge in [0.05, 0.1) is 20.1 Å². The molecular formula is C24H27N3O4. The summed E-state index contributed by atoms with van der Waals surface area (Å²) in [5.74, 6) is 2.68. The van der Waals surface area contributed by atoms with Gasteiger partial charge in [-0.3, -0.25) is 4.79 Å². The average Bonchev–Trinajstić information content (AvgIpc) is 3.41. The molecule has 2 heterocycles. The first-order chi connectivity index (χ1) is 15.0. The third-order valence-electron chi connectivity index (χ3n) is 5.63. The number of hydrogen-bond donors (Lipinski definition) is 0. The van der Waals surface area contributed by atoms with Gasteiger partial charge in [0, 0.05) is 31.1 Å². The second-order valence-corrected chi connectivity index (χ2v) is 8.13. The van der Waals surface area contributed by atoms with Gasteiger partial charge in [-0.2, -0.15) is 4.98 Å². The number of ether oxygens (including phenoxy) is 2. The van der Waals surface area contributed by atoms with E-state index < -0.39 is 0 Å². The van der Waals surface area contributed by atoms with Crippen molar-refractivity contribution in [2.45, 2.75) is 38.6 Å². The molecule has 1 fully saturated rings. The van der Waals surface area contributed by atoms with E-state index in [0.717, 1.165) is 11.1 Å². The minimum atomic E-state index is -0.115. The smallest absolute Gasteiger partial charge is 0.232 e. The first kappa shape index (κ1) is 20.9. The maximum absolute atomic E-state index is 12.6. The van der Waals surface area contributed by atoms with Gasteiger partial charge >= 0.3 is 0 Å². The molecule has 1 saturated heterocycles. The number of rotatable bonds is 7. The quantitative estimate of drug-likeness (QED) is 0.563. The molecule has 7 nitrogen and oxygen atoms in total. The van der Waals surface area contributed by atoms with Gasteiger partial charge in [0.1, 0.15) is 11.5 Å². The Bertz CT molecular complexity index is 1040. The van der Waals surface area contributed by atoms with Crippen LogP contribution in [0, 0.1) is 0 Å². The zero-order valence-electron chi connectivity index (χ0n) is 18.3. The Hall–Kier alpha value is -3.35. The second-order valence-electron chi connectivity index (χ2n) is 8.13. The minimum absolute atomic E-state index is 0.0979. The molecule has 1 amide bonds. The summed E-state index contributed by atoms with van der Waals surface area (Å²) in [4.78, 5) is 19.0. The maximum atomic E-state index is 12.6. The summed E-state index contributed by atoms with van der Waals surface area (Å²) in [6, 6.07) is 13.9. The van der Waals surface area contributed by atoms with Gasteiger partial charge in [-0.1, -0.05) is 43.3 Å². The summed E-state index contributed by atoms with van der Waals surface area (Å²) < 4.78 is 16.1. The van der Waals surface area contributed by atoms with E-state index in [-0.39, 0.29) is 11.8 Å². The molecule has 7 heteroatoms. The summed E-state index contributed by atoms with van der Waals surface area (Å²) >= 11 is 0. The van der Waals surface area contributed by atoms with Crippen molar-refractivity contribution in [2.24, 2.45) is 0 Å². The number of benzene rings is 2. The molecule has 162 valence electrons. The molecule has 1 atom stereocenters. The van der Waals surface area contributed by atoms with Gasteiger partial charge < -0.3 is 18.9 Å². The monoisotopic (exact) mass is 421 g/mol. The van der Waals surface area contributed by atoms with Crippen molar-refractivity contribution in [3.8, 4) is 22.9 Å². The summed E-state index contributed by atoms with van der Waals surface area (Å²) in [5, 5.41) is 4.12. The highest BCUT2D eigenvalue weighted by molar-refractivity contribution is 5.79. The number of aromatic nitrogens is 2. The Morgan fingerprint density at radius 2 is 1.77 bits per heavy atom. The van der Waals surface area contributed by atoms with Crippen molar-refractivity contribution in [2.75, 3.05) is 20.8 Å². The number of carbonyl (C=O) groups excluding carboxylic acids is 1. The van der Waals surface area contributed by atoms with Crippen LogP contribution >= 0.6 is 0 Å². The average molecular weight is 421 g/mol. The molecule has 0 aliphatic carbocycles.